The van der Waals surface area contributed by atoms with Crippen LogP contribution in [-0.2, 0) is 0 Å². The Balaban J connectivity index is 1.90. The quantitative estimate of drug-likeness (QED) is 0.467. The SMILES string of the molecule is Cc1cccc(SCC2(CC(=N)N)CC2)c1. The Kier molecular flexibility index (Phi) is 3.24. The highest BCUT2D eigenvalue weighted by Gasteiger charge is 2.42. The Bertz CT molecular complexity index is 397. The Morgan fingerprint density at radius 1 is 1.50 bits per heavy atom. The summed E-state index contributed by atoms with van der Waals surface area (Å²) >= 11 is 1.89. The van der Waals surface area contributed by atoms with Crippen LogP contribution >= 0.6 is 11.8 Å². The average Bonchev–Trinajstić information content (AvgIpc) is 2.95. The zero-order valence-corrected chi connectivity index (χ0v) is 10.4. The van der Waals surface area contributed by atoms with Crippen LogP contribution in [0.25, 0.3) is 0 Å². The Hall–Kier alpha value is -0.960. The minimum absolute atomic E-state index is 0.334. The maximum Gasteiger partial charge on any atom is 0.0911 e. The minimum atomic E-state index is 0.334. The lowest BCUT2D eigenvalue weighted by atomic mass is 10.1. The van der Waals surface area contributed by atoms with Crippen molar-refractivity contribution in [2.75, 3.05) is 5.75 Å². The van der Waals surface area contributed by atoms with E-state index in [1.54, 1.807) is 0 Å². The molecule has 3 N–H and O–H groups in total. The van der Waals surface area contributed by atoms with E-state index in [4.69, 9.17) is 11.1 Å². The van der Waals surface area contributed by atoms with Crippen LogP contribution in [0.1, 0.15) is 24.8 Å². The molecule has 0 amide bonds. The van der Waals surface area contributed by atoms with Gasteiger partial charge in [0.05, 0.1) is 5.84 Å². The topological polar surface area (TPSA) is 49.9 Å². The molecule has 0 unspecified atom stereocenters. The smallest absolute Gasteiger partial charge is 0.0911 e. The van der Waals surface area contributed by atoms with E-state index in [0.29, 0.717) is 11.3 Å². The zero-order chi connectivity index (χ0) is 11.6. The molecule has 1 aliphatic carbocycles. The summed E-state index contributed by atoms with van der Waals surface area (Å²) in [7, 11) is 0. The number of amidine groups is 1. The third-order valence-corrected chi connectivity index (χ3v) is 4.40. The van der Waals surface area contributed by atoms with Gasteiger partial charge in [-0.15, -0.1) is 11.8 Å². The van der Waals surface area contributed by atoms with E-state index in [9.17, 15) is 0 Å². The summed E-state index contributed by atoms with van der Waals surface area (Å²) in [6.45, 7) is 2.12. The first-order chi connectivity index (χ1) is 7.60. The lowest BCUT2D eigenvalue weighted by molar-refractivity contribution is 0.612. The van der Waals surface area contributed by atoms with Crippen molar-refractivity contribution in [3.05, 3.63) is 29.8 Å². The van der Waals surface area contributed by atoms with E-state index < -0.39 is 0 Å². The van der Waals surface area contributed by atoms with Crippen LogP contribution < -0.4 is 5.73 Å². The molecule has 1 aromatic carbocycles. The molecule has 2 rings (SSSR count). The summed E-state index contributed by atoms with van der Waals surface area (Å²) < 4.78 is 0. The van der Waals surface area contributed by atoms with E-state index in [0.717, 1.165) is 12.2 Å². The molecule has 3 heteroatoms. The lowest BCUT2D eigenvalue weighted by Crippen LogP contribution is -2.18. The molecule has 1 aromatic rings. The molecule has 0 atom stereocenters. The van der Waals surface area contributed by atoms with Gasteiger partial charge in [-0.05, 0) is 37.3 Å². The molecule has 0 aromatic heterocycles. The summed E-state index contributed by atoms with van der Waals surface area (Å²) in [4.78, 5) is 1.33. The first-order valence-corrected chi connectivity index (χ1v) is 6.61. The summed E-state index contributed by atoms with van der Waals surface area (Å²) in [5.41, 5.74) is 7.13. The number of nitrogens with one attached hydrogen (secondary N) is 1. The van der Waals surface area contributed by atoms with Crippen LogP contribution in [-0.4, -0.2) is 11.6 Å². The highest BCUT2D eigenvalue weighted by Crippen LogP contribution is 2.51. The van der Waals surface area contributed by atoms with Crippen LogP contribution in [0.15, 0.2) is 29.2 Å². The molecule has 86 valence electrons. The highest BCUT2D eigenvalue weighted by molar-refractivity contribution is 7.99. The van der Waals surface area contributed by atoms with Gasteiger partial charge in [-0.2, -0.15) is 0 Å². The minimum Gasteiger partial charge on any atom is -0.388 e. The fourth-order valence-electron chi connectivity index (χ4n) is 1.89. The van der Waals surface area contributed by atoms with Crippen LogP contribution in [0.2, 0.25) is 0 Å². The number of rotatable bonds is 5. The van der Waals surface area contributed by atoms with Gasteiger partial charge >= 0.3 is 0 Å². The van der Waals surface area contributed by atoms with Crippen molar-refractivity contribution in [2.45, 2.75) is 31.1 Å². The predicted molar refractivity (Wildman–Crippen MR) is 70.1 cm³/mol. The summed E-state index contributed by atoms with van der Waals surface area (Å²) in [5, 5.41) is 7.38. The molecule has 1 fully saturated rings. The molecular formula is C13H18N2S. The third-order valence-electron chi connectivity index (χ3n) is 3.06. The first-order valence-electron chi connectivity index (χ1n) is 5.62. The molecule has 0 heterocycles. The molecule has 0 radical (unpaired) electrons. The summed E-state index contributed by atoms with van der Waals surface area (Å²) in [6, 6.07) is 8.59. The second-order valence-corrected chi connectivity index (χ2v) is 5.86. The van der Waals surface area contributed by atoms with E-state index in [2.05, 4.69) is 31.2 Å². The molecule has 2 nitrogen and oxygen atoms in total. The first kappa shape index (κ1) is 11.5. The van der Waals surface area contributed by atoms with Crippen molar-refractivity contribution in [2.24, 2.45) is 11.1 Å². The molecule has 1 saturated carbocycles. The molecule has 0 aliphatic heterocycles. The van der Waals surface area contributed by atoms with Crippen molar-refractivity contribution in [1.82, 2.24) is 0 Å². The van der Waals surface area contributed by atoms with Gasteiger partial charge in [0, 0.05) is 17.1 Å². The molecule has 1 aliphatic rings. The van der Waals surface area contributed by atoms with Gasteiger partial charge in [-0.1, -0.05) is 17.7 Å². The monoisotopic (exact) mass is 234 g/mol. The highest BCUT2D eigenvalue weighted by atomic mass is 32.2. The maximum absolute atomic E-state index is 7.38. The van der Waals surface area contributed by atoms with Crippen molar-refractivity contribution in [1.29, 1.82) is 5.41 Å². The van der Waals surface area contributed by atoms with E-state index in [-0.39, 0.29) is 0 Å². The van der Waals surface area contributed by atoms with Gasteiger partial charge in [0.15, 0.2) is 0 Å². The number of hydrogen-bond acceptors (Lipinski definition) is 2. The summed E-state index contributed by atoms with van der Waals surface area (Å²) in [5.74, 6) is 1.43. The molecular weight excluding hydrogens is 216 g/mol. The van der Waals surface area contributed by atoms with Gasteiger partial charge < -0.3 is 5.73 Å². The third kappa shape index (κ3) is 3.01. The van der Waals surface area contributed by atoms with Crippen molar-refractivity contribution >= 4 is 17.6 Å². The molecule has 16 heavy (non-hydrogen) atoms. The number of thioether (sulfide) groups is 1. The lowest BCUT2D eigenvalue weighted by Gasteiger charge is -2.13. The Labute approximate surface area is 101 Å². The summed E-state index contributed by atoms with van der Waals surface area (Å²) in [6.07, 6.45) is 3.22. The maximum atomic E-state index is 7.38. The van der Waals surface area contributed by atoms with E-state index >= 15 is 0 Å². The Morgan fingerprint density at radius 2 is 2.25 bits per heavy atom. The van der Waals surface area contributed by atoms with Crippen LogP contribution in [0.5, 0.6) is 0 Å². The van der Waals surface area contributed by atoms with Gasteiger partial charge in [0.25, 0.3) is 0 Å². The number of hydrogen-bond donors (Lipinski definition) is 2. The molecule has 0 bridgehead atoms. The van der Waals surface area contributed by atoms with E-state index in [1.165, 1.54) is 23.3 Å². The second-order valence-electron chi connectivity index (χ2n) is 4.81. The van der Waals surface area contributed by atoms with Crippen molar-refractivity contribution < 1.29 is 0 Å². The zero-order valence-electron chi connectivity index (χ0n) is 9.62. The Morgan fingerprint density at radius 3 is 2.81 bits per heavy atom. The number of benzene rings is 1. The fourth-order valence-corrected chi connectivity index (χ4v) is 3.20. The van der Waals surface area contributed by atoms with Gasteiger partial charge in [-0.3, -0.25) is 5.41 Å². The van der Waals surface area contributed by atoms with Crippen LogP contribution in [0, 0.1) is 17.7 Å². The van der Waals surface area contributed by atoms with Crippen molar-refractivity contribution in [3.8, 4) is 0 Å². The molecule has 0 spiro atoms. The molecule has 0 saturated heterocycles. The second kappa shape index (κ2) is 4.50. The average molecular weight is 234 g/mol. The fraction of sp³-hybridized carbons (Fsp3) is 0.462. The largest absolute Gasteiger partial charge is 0.388 e. The van der Waals surface area contributed by atoms with E-state index in [1.807, 2.05) is 11.8 Å². The van der Waals surface area contributed by atoms with Gasteiger partial charge in [-0.25, -0.2) is 0 Å². The standard InChI is InChI=1S/C13H18N2S/c1-10-3-2-4-11(7-10)16-9-13(5-6-13)8-12(14)15/h2-4,7H,5-6,8-9H2,1H3,(H3,14,15). The van der Waals surface area contributed by atoms with Gasteiger partial charge in [0.1, 0.15) is 0 Å². The predicted octanol–water partition coefficient (Wildman–Crippen LogP) is 3.19. The normalized spacial score (nSPS) is 17.1. The van der Waals surface area contributed by atoms with Crippen LogP contribution in [0.3, 0.4) is 0 Å². The number of nitrogens with two attached hydrogens (primary N) is 1. The van der Waals surface area contributed by atoms with Crippen molar-refractivity contribution in [3.63, 3.8) is 0 Å². The van der Waals surface area contributed by atoms with Crippen LogP contribution in [0.4, 0.5) is 0 Å². The number of aryl methyl sites for hydroxylation is 1. The van der Waals surface area contributed by atoms with Gasteiger partial charge in [0.2, 0.25) is 0 Å².